The Hall–Kier alpha value is -2.45. The number of carbonyl (C=O) groups is 1. The number of hydrogen-bond donors (Lipinski definition) is 1. The lowest BCUT2D eigenvalue weighted by Crippen LogP contribution is -2.24. The Morgan fingerprint density at radius 2 is 2.04 bits per heavy atom. The van der Waals surface area contributed by atoms with E-state index in [1.807, 2.05) is 55.5 Å². The molecule has 3 heterocycles. The fourth-order valence-corrected chi connectivity index (χ4v) is 4.64. The van der Waals surface area contributed by atoms with Crippen molar-refractivity contribution in [3.8, 4) is 0 Å². The Labute approximate surface area is 165 Å². The zero-order valence-electron chi connectivity index (χ0n) is 15.3. The Balaban J connectivity index is 1.63. The highest BCUT2D eigenvalue weighted by molar-refractivity contribution is 8.00. The highest BCUT2D eigenvalue weighted by Gasteiger charge is 2.22. The lowest BCUT2D eigenvalue weighted by molar-refractivity contribution is -0.115. The van der Waals surface area contributed by atoms with E-state index in [1.165, 1.54) is 23.1 Å². The Morgan fingerprint density at radius 1 is 1.22 bits per heavy atom. The maximum Gasteiger partial charge on any atom is 0.239 e. The van der Waals surface area contributed by atoms with Gasteiger partial charge in [0.2, 0.25) is 5.91 Å². The molecule has 27 heavy (non-hydrogen) atoms. The number of amides is 1. The number of aromatic nitrogens is 4. The molecule has 138 valence electrons. The van der Waals surface area contributed by atoms with Gasteiger partial charge in [-0.05, 0) is 43.9 Å². The number of rotatable bonds is 5. The number of fused-ring (bicyclic) bond motifs is 3. The van der Waals surface area contributed by atoms with E-state index in [1.54, 1.807) is 0 Å². The second-order valence-electron chi connectivity index (χ2n) is 6.23. The maximum absolute atomic E-state index is 12.8. The van der Waals surface area contributed by atoms with Crippen molar-refractivity contribution in [1.82, 2.24) is 19.6 Å². The standard InChI is InChI=1S/C19H19N5OS2/c1-4-15(17(25)21-18-20-11(2)12(3)26-18)27-19-23-22-16-10-9-13-7-5-6-8-14(13)24(16)19/h5-10,15H,4H2,1-3H3,(H,20,21,25). The summed E-state index contributed by atoms with van der Waals surface area (Å²) < 4.78 is 2.01. The number of pyridine rings is 1. The van der Waals surface area contributed by atoms with Crippen LogP contribution in [0.25, 0.3) is 16.6 Å². The van der Waals surface area contributed by atoms with Crippen LogP contribution in [-0.2, 0) is 4.79 Å². The van der Waals surface area contributed by atoms with Gasteiger partial charge in [0.25, 0.3) is 0 Å². The monoisotopic (exact) mass is 397 g/mol. The number of aryl methyl sites for hydroxylation is 2. The molecule has 0 saturated heterocycles. The van der Waals surface area contributed by atoms with Gasteiger partial charge in [-0.2, -0.15) is 0 Å². The number of benzene rings is 1. The number of anilines is 1. The number of nitrogens with zero attached hydrogens (tertiary/aromatic N) is 4. The molecule has 0 saturated carbocycles. The average Bonchev–Trinajstić information content (AvgIpc) is 3.22. The van der Waals surface area contributed by atoms with Crippen molar-refractivity contribution >= 4 is 50.7 Å². The summed E-state index contributed by atoms with van der Waals surface area (Å²) in [6.45, 7) is 5.94. The summed E-state index contributed by atoms with van der Waals surface area (Å²) in [4.78, 5) is 18.3. The van der Waals surface area contributed by atoms with Crippen molar-refractivity contribution in [1.29, 1.82) is 0 Å². The predicted molar refractivity (Wildman–Crippen MR) is 111 cm³/mol. The van der Waals surface area contributed by atoms with Crippen LogP contribution >= 0.6 is 23.1 Å². The molecule has 0 aliphatic rings. The van der Waals surface area contributed by atoms with E-state index in [0.717, 1.165) is 32.3 Å². The summed E-state index contributed by atoms with van der Waals surface area (Å²) in [6, 6.07) is 12.1. The molecule has 1 unspecified atom stereocenters. The quantitative estimate of drug-likeness (QED) is 0.503. The predicted octanol–water partition coefficient (Wildman–Crippen LogP) is 4.47. The van der Waals surface area contributed by atoms with E-state index < -0.39 is 0 Å². The molecule has 0 aliphatic heterocycles. The minimum absolute atomic E-state index is 0.0618. The largest absolute Gasteiger partial charge is 0.301 e. The lowest BCUT2D eigenvalue weighted by Gasteiger charge is -2.13. The first-order chi connectivity index (χ1) is 13.1. The minimum Gasteiger partial charge on any atom is -0.301 e. The van der Waals surface area contributed by atoms with Crippen LogP contribution in [0.5, 0.6) is 0 Å². The third-order valence-corrected chi connectivity index (χ3v) is 6.71. The number of hydrogen-bond acceptors (Lipinski definition) is 6. The first-order valence-electron chi connectivity index (χ1n) is 8.71. The van der Waals surface area contributed by atoms with E-state index in [2.05, 4.69) is 26.6 Å². The summed E-state index contributed by atoms with van der Waals surface area (Å²) in [6.07, 6.45) is 0.680. The number of thioether (sulfide) groups is 1. The molecule has 0 fully saturated rings. The van der Waals surface area contributed by atoms with Gasteiger partial charge in [0, 0.05) is 4.88 Å². The molecule has 6 nitrogen and oxygen atoms in total. The lowest BCUT2D eigenvalue weighted by atomic mass is 10.2. The molecule has 1 N–H and O–H groups in total. The van der Waals surface area contributed by atoms with Crippen molar-refractivity contribution in [2.45, 2.75) is 37.6 Å². The summed E-state index contributed by atoms with van der Waals surface area (Å²) in [5, 5.41) is 13.7. The van der Waals surface area contributed by atoms with E-state index in [0.29, 0.717) is 11.6 Å². The molecule has 0 radical (unpaired) electrons. The zero-order chi connectivity index (χ0) is 19.0. The van der Waals surface area contributed by atoms with Crippen LogP contribution in [0.4, 0.5) is 5.13 Å². The average molecular weight is 398 g/mol. The normalized spacial score (nSPS) is 12.6. The van der Waals surface area contributed by atoms with Crippen molar-refractivity contribution in [2.75, 3.05) is 5.32 Å². The minimum atomic E-state index is -0.277. The Morgan fingerprint density at radius 3 is 2.78 bits per heavy atom. The van der Waals surface area contributed by atoms with Crippen LogP contribution in [0.3, 0.4) is 0 Å². The summed E-state index contributed by atoms with van der Waals surface area (Å²) >= 11 is 2.93. The third kappa shape index (κ3) is 3.42. The highest BCUT2D eigenvalue weighted by atomic mass is 32.2. The molecule has 4 aromatic rings. The Bertz CT molecular complexity index is 1110. The topological polar surface area (TPSA) is 72.2 Å². The molecule has 1 aromatic carbocycles. The summed E-state index contributed by atoms with van der Waals surface area (Å²) in [5.41, 5.74) is 2.76. The zero-order valence-corrected chi connectivity index (χ0v) is 16.9. The van der Waals surface area contributed by atoms with E-state index in [9.17, 15) is 4.79 Å². The number of carbonyl (C=O) groups excluding carboxylic acids is 1. The molecule has 8 heteroatoms. The molecule has 0 spiro atoms. The smallest absolute Gasteiger partial charge is 0.239 e. The molecular weight excluding hydrogens is 378 g/mol. The van der Waals surface area contributed by atoms with Gasteiger partial charge in [0.15, 0.2) is 15.9 Å². The summed E-state index contributed by atoms with van der Waals surface area (Å²) in [5.74, 6) is -0.0618. The number of thiazole rings is 1. The first kappa shape index (κ1) is 17.9. The van der Waals surface area contributed by atoms with Gasteiger partial charge in [0.05, 0.1) is 16.5 Å². The summed E-state index contributed by atoms with van der Waals surface area (Å²) in [7, 11) is 0. The number of para-hydroxylation sites is 1. The van der Waals surface area contributed by atoms with E-state index >= 15 is 0 Å². The van der Waals surface area contributed by atoms with Crippen molar-refractivity contribution < 1.29 is 4.79 Å². The van der Waals surface area contributed by atoms with Crippen LogP contribution < -0.4 is 5.32 Å². The van der Waals surface area contributed by atoms with Gasteiger partial charge in [-0.1, -0.05) is 36.9 Å². The van der Waals surface area contributed by atoms with E-state index in [4.69, 9.17) is 0 Å². The fraction of sp³-hybridized carbons (Fsp3) is 0.263. The van der Waals surface area contributed by atoms with Gasteiger partial charge >= 0.3 is 0 Å². The third-order valence-electron chi connectivity index (χ3n) is 4.42. The molecule has 0 aliphatic carbocycles. The fourth-order valence-electron chi connectivity index (χ4n) is 2.85. The van der Waals surface area contributed by atoms with Crippen LogP contribution in [-0.4, -0.2) is 30.7 Å². The van der Waals surface area contributed by atoms with Crippen molar-refractivity contribution in [3.05, 3.63) is 47.0 Å². The van der Waals surface area contributed by atoms with Crippen LogP contribution in [0.15, 0.2) is 41.6 Å². The van der Waals surface area contributed by atoms with Gasteiger partial charge in [-0.15, -0.1) is 21.5 Å². The Kier molecular flexibility index (Phi) is 4.84. The van der Waals surface area contributed by atoms with Gasteiger partial charge in [0.1, 0.15) is 0 Å². The molecule has 1 atom stereocenters. The first-order valence-corrected chi connectivity index (χ1v) is 10.4. The number of nitrogens with one attached hydrogen (secondary N) is 1. The maximum atomic E-state index is 12.8. The van der Waals surface area contributed by atoms with Crippen molar-refractivity contribution in [2.24, 2.45) is 0 Å². The van der Waals surface area contributed by atoms with Gasteiger partial charge < -0.3 is 5.32 Å². The van der Waals surface area contributed by atoms with Gasteiger partial charge in [-0.3, -0.25) is 9.20 Å². The molecule has 1 amide bonds. The van der Waals surface area contributed by atoms with Crippen LogP contribution in [0, 0.1) is 13.8 Å². The van der Waals surface area contributed by atoms with Gasteiger partial charge in [-0.25, -0.2) is 4.98 Å². The second-order valence-corrected chi connectivity index (χ2v) is 8.61. The van der Waals surface area contributed by atoms with Crippen LogP contribution in [0.2, 0.25) is 0 Å². The highest BCUT2D eigenvalue weighted by Crippen LogP contribution is 2.29. The molecule has 0 bridgehead atoms. The molecular formula is C19H19N5OS2. The van der Waals surface area contributed by atoms with Crippen molar-refractivity contribution in [3.63, 3.8) is 0 Å². The van der Waals surface area contributed by atoms with E-state index in [-0.39, 0.29) is 11.2 Å². The van der Waals surface area contributed by atoms with Crippen LogP contribution in [0.1, 0.15) is 23.9 Å². The second kappa shape index (κ2) is 7.28. The SMILES string of the molecule is CCC(Sc1nnc2ccc3ccccc3n12)C(=O)Nc1nc(C)c(C)s1. The molecule has 3 aromatic heterocycles. The molecule has 4 rings (SSSR count).